The second-order valence-corrected chi connectivity index (χ2v) is 6.57. The molecule has 5 nitrogen and oxygen atoms in total. The number of carbonyl (C=O) groups excluding carboxylic acids is 2. The molecule has 2 aromatic carbocycles. The fourth-order valence-corrected chi connectivity index (χ4v) is 4.32. The predicted molar refractivity (Wildman–Crippen MR) is 87.3 cm³/mol. The summed E-state index contributed by atoms with van der Waals surface area (Å²) in [6, 6.07) is 13.3. The summed E-state index contributed by atoms with van der Waals surface area (Å²) < 4.78 is 5.76. The van der Waals surface area contributed by atoms with Crippen LogP contribution in [0.2, 0.25) is 0 Å². The average molecular weight is 321 g/mol. The molecule has 0 saturated carbocycles. The molecule has 0 radical (unpaired) electrons. The minimum atomic E-state index is -1.05. The highest BCUT2D eigenvalue weighted by Crippen LogP contribution is 2.52. The first-order valence-electron chi connectivity index (χ1n) is 8.00. The largest absolute Gasteiger partial charge is 0.393 e. The van der Waals surface area contributed by atoms with Gasteiger partial charge in [-0.1, -0.05) is 48.6 Å². The molecule has 2 bridgehead atoms. The van der Waals surface area contributed by atoms with E-state index in [4.69, 9.17) is 4.74 Å². The number of aliphatic hydroxyl groups excluding tert-OH is 1. The van der Waals surface area contributed by atoms with E-state index < -0.39 is 23.5 Å². The van der Waals surface area contributed by atoms with E-state index in [0.29, 0.717) is 5.69 Å². The number of nitrogens with zero attached hydrogens (tertiary/aromatic N) is 1. The van der Waals surface area contributed by atoms with E-state index in [2.05, 4.69) is 0 Å². The number of anilines is 1. The zero-order valence-corrected chi connectivity index (χ0v) is 12.8. The van der Waals surface area contributed by atoms with Gasteiger partial charge in [0.2, 0.25) is 11.8 Å². The van der Waals surface area contributed by atoms with E-state index in [9.17, 15) is 14.7 Å². The summed E-state index contributed by atoms with van der Waals surface area (Å²) in [5, 5.41) is 11.6. The van der Waals surface area contributed by atoms with Crippen LogP contribution in [0.5, 0.6) is 0 Å². The van der Waals surface area contributed by atoms with Gasteiger partial charge in [0.15, 0.2) is 0 Å². The number of aliphatic hydroxyl groups is 1. The fraction of sp³-hybridized carbons (Fsp3) is 0.263. The Morgan fingerprint density at radius 3 is 2.71 bits per heavy atom. The highest BCUT2D eigenvalue weighted by atomic mass is 16.5. The number of benzene rings is 2. The Bertz CT molecular complexity index is 915. The molecule has 24 heavy (non-hydrogen) atoms. The van der Waals surface area contributed by atoms with E-state index in [-0.39, 0.29) is 18.4 Å². The molecular weight excluding hydrogens is 306 g/mol. The van der Waals surface area contributed by atoms with Crippen molar-refractivity contribution in [2.24, 2.45) is 11.8 Å². The molecule has 2 fully saturated rings. The molecule has 0 unspecified atom stereocenters. The van der Waals surface area contributed by atoms with Crippen molar-refractivity contribution in [3.05, 3.63) is 54.6 Å². The molecule has 3 aliphatic heterocycles. The van der Waals surface area contributed by atoms with Crippen LogP contribution in [-0.4, -0.2) is 35.2 Å². The van der Waals surface area contributed by atoms with Crippen LogP contribution in [0.1, 0.15) is 0 Å². The van der Waals surface area contributed by atoms with Crippen LogP contribution in [0.15, 0.2) is 54.6 Å². The van der Waals surface area contributed by atoms with E-state index in [1.165, 1.54) is 4.90 Å². The molecule has 2 saturated heterocycles. The lowest BCUT2D eigenvalue weighted by atomic mass is 9.77. The molecule has 3 aliphatic rings. The van der Waals surface area contributed by atoms with Crippen LogP contribution in [0.25, 0.3) is 10.8 Å². The molecule has 0 spiro atoms. The molecule has 2 aromatic rings. The summed E-state index contributed by atoms with van der Waals surface area (Å²) in [4.78, 5) is 27.4. The third kappa shape index (κ3) is 1.51. The highest BCUT2D eigenvalue weighted by molar-refractivity contribution is 6.26. The number of ether oxygens (including phenoxy) is 1. The first-order valence-corrected chi connectivity index (χ1v) is 8.00. The fourth-order valence-electron chi connectivity index (χ4n) is 4.32. The lowest BCUT2D eigenvalue weighted by Crippen LogP contribution is -2.43. The summed E-state index contributed by atoms with van der Waals surface area (Å²) in [7, 11) is 0. The molecule has 5 heteroatoms. The smallest absolute Gasteiger partial charge is 0.241 e. The van der Waals surface area contributed by atoms with E-state index >= 15 is 0 Å². The SMILES string of the molecule is O=C1[C@H]2[C@H]3C=C[C@@](CO)(O3)[C@H]2C(=O)N1c1cccc2ccccc12. The topological polar surface area (TPSA) is 66.8 Å². The summed E-state index contributed by atoms with van der Waals surface area (Å²) >= 11 is 0. The predicted octanol–water partition coefficient (Wildman–Crippen LogP) is 1.65. The number of amides is 2. The number of rotatable bonds is 2. The van der Waals surface area contributed by atoms with Gasteiger partial charge in [-0.3, -0.25) is 9.59 Å². The van der Waals surface area contributed by atoms with Crippen LogP contribution >= 0.6 is 0 Å². The third-order valence-electron chi connectivity index (χ3n) is 5.41. The van der Waals surface area contributed by atoms with Gasteiger partial charge < -0.3 is 9.84 Å². The van der Waals surface area contributed by atoms with Crippen molar-refractivity contribution in [2.45, 2.75) is 11.7 Å². The number of imide groups is 1. The van der Waals surface area contributed by atoms with Crippen LogP contribution in [0, 0.1) is 11.8 Å². The van der Waals surface area contributed by atoms with Crippen molar-refractivity contribution in [3.8, 4) is 0 Å². The Kier molecular flexibility index (Phi) is 2.62. The molecule has 0 aromatic heterocycles. The minimum Gasteiger partial charge on any atom is -0.393 e. The van der Waals surface area contributed by atoms with Crippen molar-refractivity contribution in [2.75, 3.05) is 11.5 Å². The van der Waals surface area contributed by atoms with Gasteiger partial charge >= 0.3 is 0 Å². The molecule has 3 heterocycles. The zero-order valence-electron chi connectivity index (χ0n) is 12.8. The lowest BCUT2D eigenvalue weighted by Gasteiger charge is -2.26. The van der Waals surface area contributed by atoms with Gasteiger partial charge in [0.1, 0.15) is 5.60 Å². The lowest BCUT2D eigenvalue weighted by molar-refractivity contribution is -0.128. The van der Waals surface area contributed by atoms with Gasteiger partial charge in [0.25, 0.3) is 0 Å². The summed E-state index contributed by atoms with van der Waals surface area (Å²) in [5.41, 5.74) is -0.452. The molecule has 0 aliphatic carbocycles. The third-order valence-corrected chi connectivity index (χ3v) is 5.41. The van der Waals surface area contributed by atoms with E-state index in [1.54, 1.807) is 18.2 Å². The monoisotopic (exact) mass is 321 g/mol. The Balaban J connectivity index is 1.67. The van der Waals surface area contributed by atoms with Crippen LogP contribution in [0.3, 0.4) is 0 Å². The summed E-state index contributed by atoms with van der Waals surface area (Å²) in [5.74, 6) is -1.73. The maximum Gasteiger partial charge on any atom is 0.241 e. The number of hydrogen-bond donors (Lipinski definition) is 1. The van der Waals surface area contributed by atoms with Gasteiger partial charge in [-0.25, -0.2) is 4.90 Å². The molecule has 2 amide bonds. The standard InChI is InChI=1S/C19H15NO4/c21-10-19-9-8-14(24-19)15-16(19)18(23)20(17(15)22)13-7-3-5-11-4-1-2-6-12(11)13/h1-9,14-16,21H,10H2/t14-,15+,16-,19+/m1/s1. The van der Waals surface area contributed by atoms with Gasteiger partial charge in [-0.2, -0.15) is 0 Å². The molecule has 4 atom stereocenters. The summed E-state index contributed by atoms with van der Waals surface area (Å²) in [6.07, 6.45) is 3.09. The first-order chi connectivity index (χ1) is 11.7. The van der Waals surface area contributed by atoms with Crippen molar-refractivity contribution in [1.29, 1.82) is 0 Å². The second kappa shape index (κ2) is 4.53. The molecule has 120 valence electrons. The second-order valence-electron chi connectivity index (χ2n) is 6.57. The average Bonchev–Trinajstić information content (AvgIpc) is 3.26. The normalized spacial score (nSPS) is 33.7. The van der Waals surface area contributed by atoms with Crippen molar-refractivity contribution >= 4 is 28.3 Å². The van der Waals surface area contributed by atoms with Gasteiger partial charge in [-0.05, 0) is 11.5 Å². The van der Waals surface area contributed by atoms with Crippen LogP contribution < -0.4 is 4.90 Å². The van der Waals surface area contributed by atoms with Gasteiger partial charge in [0, 0.05) is 5.39 Å². The maximum absolute atomic E-state index is 13.1. The molecule has 5 rings (SSSR count). The minimum absolute atomic E-state index is 0.244. The first kappa shape index (κ1) is 13.9. The van der Waals surface area contributed by atoms with Crippen molar-refractivity contribution in [1.82, 2.24) is 0 Å². The van der Waals surface area contributed by atoms with E-state index in [1.807, 2.05) is 36.4 Å². The number of carbonyl (C=O) groups is 2. The molecular formula is C19H15NO4. The van der Waals surface area contributed by atoms with Gasteiger partial charge in [0.05, 0.1) is 30.2 Å². The Hall–Kier alpha value is -2.50. The van der Waals surface area contributed by atoms with Gasteiger partial charge in [-0.15, -0.1) is 0 Å². The summed E-state index contributed by atoms with van der Waals surface area (Å²) in [6.45, 7) is -0.302. The Labute approximate surface area is 138 Å². The van der Waals surface area contributed by atoms with Crippen molar-refractivity contribution in [3.63, 3.8) is 0 Å². The highest BCUT2D eigenvalue weighted by Gasteiger charge is 2.67. The quantitative estimate of drug-likeness (QED) is 0.674. The molecule has 1 N–H and O–H groups in total. The number of fused-ring (bicyclic) bond motifs is 6. The van der Waals surface area contributed by atoms with Crippen LogP contribution in [0.4, 0.5) is 5.69 Å². The van der Waals surface area contributed by atoms with Crippen molar-refractivity contribution < 1.29 is 19.4 Å². The van der Waals surface area contributed by atoms with E-state index in [0.717, 1.165) is 10.8 Å². The zero-order chi connectivity index (χ0) is 16.5. The Morgan fingerprint density at radius 2 is 1.88 bits per heavy atom. The number of hydrogen-bond acceptors (Lipinski definition) is 4. The van der Waals surface area contributed by atoms with Crippen LogP contribution in [-0.2, 0) is 14.3 Å². The Morgan fingerprint density at radius 1 is 1.08 bits per heavy atom. The maximum atomic E-state index is 13.1.